The first kappa shape index (κ1) is 17.7. The summed E-state index contributed by atoms with van der Waals surface area (Å²) in [5, 5.41) is 14.0. The lowest BCUT2D eigenvalue weighted by Gasteiger charge is -2.22. The van der Waals surface area contributed by atoms with E-state index in [2.05, 4.69) is 10.6 Å². The van der Waals surface area contributed by atoms with Crippen molar-refractivity contribution in [3.05, 3.63) is 0 Å². The first-order chi connectivity index (χ1) is 8.90. The molecule has 0 aliphatic carbocycles. The Kier molecular flexibility index (Phi) is 8.90. The van der Waals surface area contributed by atoms with Crippen LogP contribution in [0.5, 0.6) is 0 Å². The van der Waals surface area contributed by atoms with Gasteiger partial charge < -0.3 is 25.2 Å². The zero-order chi connectivity index (χ0) is 14.8. The number of nitrogens with one attached hydrogen (secondary N) is 2. The number of aliphatic carboxylic acids is 1. The van der Waals surface area contributed by atoms with Crippen molar-refractivity contribution in [2.24, 2.45) is 5.92 Å². The summed E-state index contributed by atoms with van der Waals surface area (Å²) in [7, 11) is 3.08. The minimum absolute atomic E-state index is 0.0408. The molecule has 2 amide bonds. The van der Waals surface area contributed by atoms with Crippen molar-refractivity contribution in [1.82, 2.24) is 10.6 Å². The number of carbonyl (C=O) groups excluding carboxylic acids is 1. The highest BCUT2D eigenvalue weighted by Crippen LogP contribution is 2.05. The molecule has 2 atom stereocenters. The topological polar surface area (TPSA) is 96.9 Å². The van der Waals surface area contributed by atoms with E-state index in [9.17, 15) is 9.59 Å². The van der Waals surface area contributed by atoms with Crippen molar-refractivity contribution in [2.45, 2.75) is 32.4 Å². The van der Waals surface area contributed by atoms with Gasteiger partial charge in [-0.1, -0.05) is 13.8 Å². The summed E-state index contributed by atoms with van der Waals surface area (Å²) in [6.45, 7) is 4.39. The molecular weight excluding hydrogens is 252 g/mol. The van der Waals surface area contributed by atoms with Crippen LogP contribution in [0.15, 0.2) is 0 Å². The second-order valence-corrected chi connectivity index (χ2v) is 4.62. The molecule has 0 radical (unpaired) electrons. The molecule has 2 unspecified atom stereocenters. The van der Waals surface area contributed by atoms with Gasteiger partial charge >= 0.3 is 12.0 Å². The fourth-order valence-electron chi connectivity index (χ4n) is 1.46. The van der Waals surface area contributed by atoms with E-state index in [1.807, 2.05) is 13.8 Å². The van der Waals surface area contributed by atoms with Crippen molar-refractivity contribution < 1.29 is 24.2 Å². The van der Waals surface area contributed by atoms with Gasteiger partial charge in [0.1, 0.15) is 0 Å². The number of urea groups is 1. The molecule has 7 nitrogen and oxygen atoms in total. The van der Waals surface area contributed by atoms with Crippen LogP contribution in [-0.2, 0) is 14.3 Å². The molecule has 0 heterocycles. The molecule has 0 aromatic carbocycles. The Hall–Kier alpha value is -1.34. The van der Waals surface area contributed by atoms with Gasteiger partial charge in [0.25, 0.3) is 0 Å². The van der Waals surface area contributed by atoms with Gasteiger partial charge in [0.2, 0.25) is 0 Å². The molecule has 0 rings (SSSR count). The number of rotatable bonds is 9. The van der Waals surface area contributed by atoms with Crippen molar-refractivity contribution in [3.63, 3.8) is 0 Å². The van der Waals surface area contributed by atoms with Gasteiger partial charge in [0.15, 0.2) is 0 Å². The SMILES string of the molecule is COCC(CNC(=O)NC(CC(=O)O)C(C)C)OC. The molecule has 0 saturated carbocycles. The van der Waals surface area contributed by atoms with Crippen molar-refractivity contribution in [2.75, 3.05) is 27.4 Å². The summed E-state index contributed by atoms with van der Waals surface area (Å²) < 4.78 is 10.0. The molecule has 19 heavy (non-hydrogen) atoms. The predicted molar refractivity (Wildman–Crippen MR) is 70.1 cm³/mol. The Morgan fingerprint density at radius 2 is 1.89 bits per heavy atom. The zero-order valence-corrected chi connectivity index (χ0v) is 11.9. The van der Waals surface area contributed by atoms with Gasteiger partial charge in [0.05, 0.1) is 19.1 Å². The highest BCUT2D eigenvalue weighted by molar-refractivity contribution is 5.75. The highest BCUT2D eigenvalue weighted by Gasteiger charge is 2.19. The van der Waals surface area contributed by atoms with Crippen LogP contribution in [0.1, 0.15) is 20.3 Å². The summed E-state index contributed by atoms with van der Waals surface area (Å²) in [5.41, 5.74) is 0. The van der Waals surface area contributed by atoms with Crippen LogP contribution in [0, 0.1) is 5.92 Å². The second-order valence-electron chi connectivity index (χ2n) is 4.62. The number of carbonyl (C=O) groups is 2. The number of carboxylic acid groups (broad SMARTS) is 1. The van der Waals surface area contributed by atoms with Crippen LogP contribution in [0.2, 0.25) is 0 Å². The number of carboxylic acids is 1. The molecule has 0 spiro atoms. The van der Waals surface area contributed by atoms with Crippen molar-refractivity contribution in [1.29, 1.82) is 0 Å². The van der Waals surface area contributed by atoms with E-state index in [1.165, 1.54) is 7.11 Å². The fraction of sp³-hybridized carbons (Fsp3) is 0.833. The van der Waals surface area contributed by atoms with Crippen LogP contribution in [0.3, 0.4) is 0 Å². The third-order valence-electron chi connectivity index (χ3n) is 2.69. The maximum atomic E-state index is 11.7. The first-order valence-corrected chi connectivity index (χ1v) is 6.18. The summed E-state index contributed by atoms with van der Waals surface area (Å²) in [6.07, 6.45) is -0.329. The van der Waals surface area contributed by atoms with E-state index in [0.717, 1.165) is 0 Å². The molecule has 3 N–H and O–H groups in total. The lowest BCUT2D eigenvalue weighted by atomic mass is 10.0. The minimum atomic E-state index is -0.937. The lowest BCUT2D eigenvalue weighted by molar-refractivity contribution is -0.137. The maximum absolute atomic E-state index is 11.7. The summed E-state index contributed by atoms with van der Waals surface area (Å²) in [5.74, 6) is -0.896. The van der Waals surface area contributed by atoms with Crippen molar-refractivity contribution in [3.8, 4) is 0 Å². The molecule has 0 fully saturated rings. The molecule has 0 aromatic rings. The van der Waals surface area contributed by atoms with E-state index in [4.69, 9.17) is 14.6 Å². The van der Waals surface area contributed by atoms with Gasteiger partial charge in [-0.3, -0.25) is 4.79 Å². The number of methoxy groups -OCH3 is 2. The van der Waals surface area contributed by atoms with Gasteiger partial charge in [-0.05, 0) is 5.92 Å². The largest absolute Gasteiger partial charge is 0.481 e. The van der Waals surface area contributed by atoms with Gasteiger partial charge in [-0.15, -0.1) is 0 Å². The molecule has 0 saturated heterocycles. The highest BCUT2D eigenvalue weighted by atomic mass is 16.5. The third-order valence-corrected chi connectivity index (χ3v) is 2.69. The summed E-state index contributed by atoms with van der Waals surface area (Å²) in [4.78, 5) is 22.3. The number of ether oxygens (including phenoxy) is 2. The Bertz CT molecular complexity index is 283. The maximum Gasteiger partial charge on any atom is 0.315 e. The predicted octanol–water partition coefficient (Wildman–Crippen LogP) is 0.446. The van der Waals surface area contributed by atoms with Crippen molar-refractivity contribution >= 4 is 12.0 Å². The lowest BCUT2D eigenvalue weighted by Crippen LogP contribution is -2.47. The Labute approximate surface area is 113 Å². The molecule has 112 valence electrons. The van der Waals surface area contributed by atoms with Crippen LogP contribution in [0.4, 0.5) is 4.79 Å². The Morgan fingerprint density at radius 1 is 1.26 bits per heavy atom. The summed E-state index contributed by atoms with van der Waals surface area (Å²) in [6, 6.07) is -0.806. The molecule has 7 heteroatoms. The number of amides is 2. The van der Waals surface area contributed by atoms with Gasteiger partial charge in [-0.25, -0.2) is 4.79 Å². The monoisotopic (exact) mass is 276 g/mol. The minimum Gasteiger partial charge on any atom is -0.481 e. The van der Waals surface area contributed by atoms with Gasteiger partial charge in [-0.2, -0.15) is 0 Å². The fourth-order valence-corrected chi connectivity index (χ4v) is 1.46. The Morgan fingerprint density at radius 3 is 2.32 bits per heavy atom. The first-order valence-electron chi connectivity index (χ1n) is 6.18. The average Bonchev–Trinajstić information content (AvgIpc) is 2.32. The molecule has 0 aromatic heterocycles. The quantitative estimate of drug-likeness (QED) is 0.568. The Balaban J connectivity index is 4.15. The van der Waals surface area contributed by atoms with Crippen LogP contribution in [0.25, 0.3) is 0 Å². The molecular formula is C12H24N2O5. The van der Waals surface area contributed by atoms with E-state index < -0.39 is 18.0 Å². The van der Waals surface area contributed by atoms with E-state index >= 15 is 0 Å². The van der Waals surface area contributed by atoms with Crippen LogP contribution < -0.4 is 10.6 Å². The molecule has 0 aliphatic rings. The smallest absolute Gasteiger partial charge is 0.315 e. The average molecular weight is 276 g/mol. The molecule has 0 aliphatic heterocycles. The van der Waals surface area contributed by atoms with E-state index in [0.29, 0.717) is 13.2 Å². The third kappa shape index (κ3) is 8.39. The molecule has 0 bridgehead atoms. The zero-order valence-electron chi connectivity index (χ0n) is 11.9. The van der Waals surface area contributed by atoms with Crippen LogP contribution in [-0.4, -0.2) is 56.6 Å². The second kappa shape index (κ2) is 9.57. The van der Waals surface area contributed by atoms with Crippen LogP contribution >= 0.6 is 0 Å². The normalized spacial score (nSPS) is 13.9. The number of hydrogen-bond donors (Lipinski definition) is 3. The van der Waals surface area contributed by atoms with E-state index in [-0.39, 0.29) is 18.4 Å². The standard InChI is InChI=1S/C12H24N2O5/c1-8(2)10(5-11(15)16)14-12(17)13-6-9(19-4)7-18-3/h8-10H,5-7H2,1-4H3,(H,15,16)(H2,13,14,17). The van der Waals surface area contributed by atoms with Gasteiger partial charge in [0, 0.05) is 26.8 Å². The number of hydrogen-bond acceptors (Lipinski definition) is 4. The van der Waals surface area contributed by atoms with E-state index in [1.54, 1.807) is 7.11 Å². The summed E-state index contributed by atoms with van der Waals surface area (Å²) >= 11 is 0.